The van der Waals surface area contributed by atoms with Crippen LogP contribution in [0, 0.1) is 0 Å². The van der Waals surface area contributed by atoms with Gasteiger partial charge in [0.25, 0.3) is 0 Å². The van der Waals surface area contributed by atoms with Gasteiger partial charge >= 0.3 is 0 Å². The predicted molar refractivity (Wildman–Crippen MR) is 45.3 cm³/mol. The van der Waals surface area contributed by atoms with E-state index >= 15 is 0 Å². The van der Waals surface area contributed by atoms with Crippen LogP contribution in [0.3, 0.4) is 0 Å². The van der Waals surface area contributed by atoms with E-state index in [1.165, 1.54) is 10.6 Å². The molecule has 7 heteroatoms. The van der Waals surface area contributed by atoms with Gasteiger partial charge in [-0.05, 0) is 0 Å². The largest absolute Gasteiger partial charge is 0.212 e. The van der Waals surface area contributed by atoms with E-state index in [0.29, 0.717) is 19.5 Å². The smallest absolute Gasteiger partial charge is 0.211 e. The first-order valence-corrected chi connectivity index (χ1v) is 5.76. The van der Waals surface area contributed by atoms with Crippen molar-refractivity contribution < 1.29 is 8.42 Å². The molecule has 1 aromatic heterocycles. The van der Waals surface area contributed by atoms with E-state index in [0.717, 1.165) is 11.4 Å². The fourth-order valence-electron chi connectivity index (χ4n) is 1.36. The van der Waals surface area contributed by atoms with Gasteiger partial charge in [-0.15, -0.1) is 0 Å². The van der Waals surface area contributed by atoms with Crippen molar-refractivity contribution in [3.63, 3.8) is 0 Å². The van der Waals surface area contributed by atoms with Crippen LogP contribution < -0.4 is 0 Å². The van der Waals surface area contributed by atoms with E-state index in [4.69, 9.17) is 0 Å². The van der Waals surface area contributed by atoms with E-state index in [2.05, 4.69) is 15.4 Å². The molecule has 0 aromatic carbocycles. The van der Waals surface area contributed by atoms with Crippen LogP contribution in [0.2, 0.25) is 0 Å². The maximum Gasteiger partial charge on any atom is 0.211 e. The summed E-state index contributed by atoms with van der Waals surface area (Å²) in [5.41, 5.74) is 1.61. The SMILES string of the molecule is CS(=O)(=O)N1CCc2n[nH]nc2C1. The lowest BCUT2D eigenvalue weighted by molar-refractivity contribution is 0.389. The summed E-state index contributed by atoms with van der Waals surface area (Å²) in [6.45, 7) is 0.836. The predicted octanol–water partition coefficient (Wildman–Crippen LogP) is -0.878. The highest BCUT2D eigenvalue weighted by molar-refractivity contribution is 7.88. The van der Waals surface area contributed by atoms with Crippen molar-refractivity contribution in [1.29, 1.82) is 0 Å². The summed E-state index contributed by atoms with van der Waals surface area (Å²) in [5.74, 6) is 0. The minimum absolute atomic E-state index is 0.338. The molecule has 2 heterocycles. The Balaban J connectivity index is 2.27. The molecule has 0 saturated heterocycles. The van der Waals surface area contributed by atoms with Gasteiger partial charge in [0.05, 0.1) is 18.5 Å². The van der Waals surface area contributed by atoms with Crippen LogP contribution in [0.4, 0.5) is 0 Å². The molecule has 72 valence electrons. The maximum atomic E-state index is 11.2. The number of sulfonamides is 1. The average Bonchev–Trinajstić information content (AvgIpc) is 2.47. The zero-order chi connectivity index (χ0) is 9.47. The number of aromatic nitrogens is 3. The number of aromatic amines is 1. The number of fused-ring (bicyclic) bond motifs is 1. The molecule has 2 rings (SSSR count). The Labute approximate surface area is 76.0 Å². The van der Waals surface area contributed by atoms with E-state index < -0.39 is 10.0 Å². The van der Waals surface area contributed by atoms with Gasteiger partial charge in [0.2, 0.25) is 10.0 Å². The first-order valence-electron chi connectivity index (χ1n) is 3.91. The molecule has 1 aliphatic rings. The first kappa shape index (κ1) is 8.64. The van der Waals surface area contributed by atoms with Gasteiger partial charge in [0.15, 0.2) is 0 Å². The van der Waals surface area contributed by atoms with Crippen molar-refractivity contribution in [3.8, 4) is 0 Å². The Hall–Kier alpha value is -0.950. The van der Waals surface area contributed by atoms with Crippen LogP contribution in [0.5, 0.6) is 0 Å². The van der Waals surface area contributed by atoms with Crippen LogP contribution in [-0.2, 0) is 23.0 Å². The lowest BCUT2D eigenvalue weighted by atomic mass is 10.2. The normalized spacial score (nSPS) is 18.5. The molecule has 0 radical (unpaired) electrons. The fourth-order valence-corrected chi connectivity index (χ4v) is 2.14. The molecule has 6 nitrogen and oxygen atoms in total. The van der Waals surface area contributed by atoms with Crippen LogP contribution in [0.15, 0.2) is 0 Å². The average molecular weight is 202 g/mol. The molecule has 0 amide bonds. The van der Waals surface area contributed by atoms with Gasteiger partial charge in [0.1, 0.15) is 5.69 Å². The van der Waals surface area contributed by atoms with E-state index in [9.17, 15) is 8.42 Å². The number of nitrogens with one attached hydrogen (secondary N) is 1. The minimum Gasteiger partial charge on any atom is -0.212 e. The molecule has 1 aliphatic heterocycles. The van der Waals surface area contributed by atoms with Crippen LogP contribution in [-0.4, -0.2) is 40.9 Å². The highest BCUT2D eigenvalue weighted by atomic mass is 32.2. The second-order valence-electron chi connectivity index (χ2n) is 3.06. The number of H-pyrrole nitrogens is 1. The summed E-state index contributed by atoms with van der Waals surface area (Å²) < 4.78 is 23.8. The third-order valence-corrected chi connectivity index (χ3v) is 3.35. The summed E-state index contributed by atoms with van der Waals surface area (Å²) in [6.07, 6.45) is 1.84. The summed E-state index contributed by atoms with van der Waals surface area (Å²) in [7, 11) is -3.09. The zero-order valence-electron chi connectivity index (χ0n) is 7.19. The molecule has 1 N–H and O–H groups in total. The molecule has 0 spiro atoms. The molecule has 0 unspecified atom stereocenters. The van der Waals surface area contributed by atoms with Gasteiger partial charge in [0, 0.05) is 13.0 Å². The summed E-state index contributed by atoms with van der Waals surface area (Å²) in [5, 5.41) is 10.3. The number of rotatable bonds is 1. The Morgan fingerprint density at radius 3 is 2.77 bits per heavy atom. The van der Waals surface area contributed by atoms with Crippen molar-refractivity contribution in [2.24, 2.45) is 0 Å². The highest BCUT2D eigenvalue weighted by Crippen LogP contribution is 2.15. The summed E-state index contributed by atoms with van der Waals surface area (Å²) >= 11 is 0. The summed E-state index contributed by atoms with van der Waals surface area (Å²) in [4.78, 5) is 0. The van der Waals surface area contributed by atoms with Crippen LogP contribution >= 0.6 is 0 Å². The molecular formula is C6H10N4O2S. The standard InChI is InChI=1S/C6H10N4O2S/c1-13(11,12)10-3-2-5-6(4-10)8-9-7-5/h2-4H2,1H3,(H,7,8,9). The van der Waals surface area contributed by atoms with Gasteiger partial charge in [-0.2, -0.15) is 19.7 Å². The maximum absolute atomic E-state index is 11.2. The second kappa shape index (κ2) is 2.78. The monoisotopic (exact) mass is 202 g/mol. The van der Waals surface area contributed by atoms with E-state index in [1.807, 2.05) is 0 Å². The molecule has 0 saturated carbocycles. The van der Waals surface area contributed by atoms with E-state index in [1.54, 1.807) is 0 Å². The second-order valence-corrected chi connectivity index (χ2v) is 5.05. The minimum atomic E-state index is -3.09. The van der Waals surface area contributed by atoms with Gasteiger partial charge in [-0.25, -0.2) is 8.42 Å². The zero-order valence-corrected chi connectivity index (χ0v) is 8.00. The van der Waals surface area contributed by atoms with Crippen molar-refractivity contribution in [1.82, 2.24) is 19.7 Å². The highest BCUT2D eigenvalue weighted by Gasteiger charge is 2.25. The molecule has 0 aliphatic carbocycles. The van der Waals surface area contributed by atoms with Crippen molar-refractivity contribution in [2.75, 3.05) is 12.8 Å². The quantitative estimate of drug-likeness (QED) is 0.641. The van der Waals surface area contributed by atoms with E-state index in [-0.39, 0.29) is 0 Å². The van der Waals surface area contributed by atoms with Crippen molar-refractivity contribution in [2.45, 2.75) is 13.0 Å². The Kier molecular flexibility index (Phi) is 1.85. The molecule has 0 fully saturated rings. The third kappa shape index (κ3) is 1.56. The van der Waals surface area contributed by atoms with Crippen molar-refractivity contribution in [3.05, 3.63) is 11.4 Å². The molecule has 0 bridgehead atoms. The number of hydrogen-bond acceptors (Lipinski definition) is 4. The topological polar surface area (TPSA) is 79.0 Å². The number of nitrogens with zero attached hydrogens (tertiary/aromatic N) is 3. The molecule has 13 heavy (non-hydrogen) atoms. The first-order chi connectivity index (χ1) is 6.07. The molecular weight excluding hydrogens is 192 g/mol. The van der Waals surface area contributed by atoms with Gasteiger partial charge < -0.3 is 0 Å². The Morgan fingerprint density at radius 1 is 1.38 bits per heavy atom. The number of hydrogen-bond donors (Lipinski definition) is 1. The Morgan fingerprint density at radius 2 is 2.08 bits per heavy atom. The lowest BCUT2D eigenvalue weighted by Gasteiger charge is -2.22. The third-order valence-electron chi connectivity index (χ3n) is 2.10. The molecule has 0 atom stereocenters. The lowest BCUT2D eigenvalue weighted by Crippen LogP contribution is -2.35. The van der Waals surface area contributed by atoms with Gasteiger partial charge in [-0.3, -0.25) is 0 Å². The van der Waals surface area contributed by atoms with Crippen molar-refractivity contribution >= 4 is 10.0 Å². The van der Waals surface area contributed by atoms with Gasteiger partial charge in [-0.1, -0.05) is 0 Å². The van der Waals surface area contributed by atoms with Crippen LogP contribution in [0.25, 0.3) is 0 Å². The summed E-state index contributed by atoms with van der Waals surface area (Å²) in [6, 6.07) is 0. The van der Waals surface area contributed by atoms with Crippen LogP contribution in [0.1, 0.15) is 11.4 Å². The Bertz CT molecular complexity index is 410. The fraction of sp³-hybridized carbons (Fsp3) is 0.667. The molecule has 1 aromatic rings.